The molecule has 0 amide bonds. The van der Waals surface area contributed by atoms with Crippen molar-refractivity contribution in [1.29, 1.82) is 0 Å². The molecule has 1 aromatic rings. The van der Waals surface area contributed by atoms with Gasteiger partial charge >= 0.3 is 0 Å². The Kier molecular flexibility index (Phi) is 3.75. The van der Waals surface area contributed by atoms with Crippen LogP contribution in [0, 0.1) is 6.92 Å². The summed E-state index contributed by atoms with van der Waals surface area (Å²) < 4.78 is 13.2. The molecule has 1 saturated heterocycles. The minimum atomic E-state index is -0.445. The van der Waals surface area contributed by atoms with Crippen LogP contribution in [0.4, 0.5) is 0 Å². The predicted molar refractivity (Wildman–Crippen MR) is 69.3 cm³/mol. The molecular weight excluding hydrogens is 230 g/mol. The number of rotatable bonds is 4. The fourth-order valence-electron chi connectivity index (χ4n) is 2.32. The monoisotopic (exact) mass is 253 g/mol. The first-order chi connectivity index (χ1) is 8.37. The molecule has 2 unspecified atom stereocenters. The number of aryl methyl sites for hydroxylation is 2. The zero-order valence-corrected chi connectivity index (χ0v) is 11.9. The van der Waals surface area contributed by atoms with E-state index in [0.29, 0.717) is 6.61 Å². The molecule has 1 N–H and O–H groups in total. The van der Waals surface area contributed by atoms with Gasteiger partial charge in [0.2, 0.25) is 0 Å². The van der Waals surface area contributed by atoms with Crippen molar-refractivity contribution < 1.29 is 9.47 Å². The third kappa shape index (κ3) is 3.10. The van der Waals surface area contributed by atoms with Gasteiger partial charge in [-0.05, 0) is 27.7 Å². The Morgan fingerprint density at radius 3 is 2.83 bits per heavy atom. The molecule has 1 aromatic heterocycles. The van der Waals surface area contributed by atoms with E-state index in [4.69, 9.17) is 9.47 Å². The van der Waals surface area contributed by atoms with Crippen molar-refractivity contribution in [3.63, 3.8) is 0 Å². The summed E-state index contributed by atoms with van der Waals surface area (Å²) in [7, 11) is 1.94. The van der Waals surface area contributed by atoms with Crippen LogP contribution in [0.2, 0.25) is 0 Å². The van der Waals surface area contributed by atoms with Crippen molar-refractivity contribution in [3.05, 3.63) is 17.5 Å². The van der Waals surface area contributed by atoms with Crippen LogP contribution in [-0.4, -0.2) is 34.8 Å². The lowest BCUT2D eigenvalue weighted by atomic mass is 10.1. The summed E-state index contributed by atoms with van der Waals surface area (Å²) in [5, 5.41) is 7.83. The summed E-state index contributed by atoms with van der Waals surface area (Å²) in [6.07, 6.45) is 2.18. The number of nitrogens with one attached hydrogen (secondary N) is 1. The van der Waals surface area contributed by atoms with Gasteiger partial charge in [-0.2, -0.15) is 5.10 Å². The van der Waals surface area contributed by atoms with E-state index in [-0.39, 0.29) is 12.1 Å². The van der Waals surface area contributed by atoms with E-state index in [9.17, 15) is 0 Å². The Bertz CT molecular complexity index is 414. The van der Waals surface area contributed by atoms with Crippen molar-refractivity contribution in [2.24, 2.45) is 7.05 Å². The van der Waals surface area contributed by atoms with Crippen molar-refractivity contribution in [3.8, 4) is 0 Å². The summed E-state index contributed by atoms with van der Waals surface area (Å²) in [5.41, 5.74) is 2.30. The molecule has 0 radical (unpaired) electrons. The lowest BCUT2D eigenvalue weighted by Crippen LogP contribution is -2.32. The van der Waals surface area contributed by atoms with Crippen LogP contribution in [0.5, 0.6) is 0 Å². The van der Waals surface area contributed by atoms with Crippen LogP contribution in [0.3, 0.4) is 0 Å². The zero-order chi connectivity index (χ0) is 13.3. The van der Waals surface area contributed by atoms with Crippen molar-refractivity contribution >= 4 is 0 Å². The molecule has 5 nitrogen and oxygen atoms in total. The van der Waals surface area contributed by atoms with Crippen LogP contribution >= 0.6 is 0 Å². The highest BCUT2D eigenvalue weighted by Crippen LogP contribution is 2.22. The molecule has 0 aromatic carbocycles. The zero-order valence-electron chi connectivity index (χ0n) is 11.9. The molecular formula is C13H23N3O2. The average molecular weight is 253 g/mol. The summed E-state index contributed by atoms with van der Waals surface area (Å²) >= 11 is 0. The standard InChI is InChI=1S/C13H23N3O2/c1-9(12-7-16(5)15-10(12)2)14-6-11-8-17-13(3,4)18-11/h7,9,11,14H,6,8H2,1-5H3. The molecule has 0 spiro atoms. The maximum atomic E-state index is 5.76. The van der Waals surface area contributed by atoms with Gasteiger partial charge in [-0.25, -0.2) is 0 Å². The van der Waals surface area contributed by atoms with Crippen LogP contribution in [0.15, 0.2) is 6.20 Å². The molecule has 0 saturated carbocycles. The number of nitrogens with zero attached hydrogens (tertiary/aromatic N) is 2. The normalized spacial score (nSPS) is 24.4. The second-order valence-corrected chi connectivity index (χ2v) is 5.42. The summed E-state index contributed by atoms with van der Waals surface area (Å²) in [4.78, 5) is 0. The second kappa shape index (κ2) is 4.99. The van der Waals surface area contributed by atoms with Crippen LogP contribution < -0.4 is 5.32 Å². The summed E-state index contributed by atoms with van der Waals surface area (Å²) in [5.74, 6) is -0.445. The van der Waals surface area contributed by atoms with E-state index < -0.39 is 5.79 Å². The molecule has 0 aliphatic carbocycles. The SMILES string of the molecule is Cc1nn(C)cc1C(C)NCC1COC(C)(C)O1. The molecule has 2 rings (SSSR count). The number of hydrogen-bond acceptors (Lipinski definition) is 4. The molecule has 1 aliphatic heterocycles. The molecule has 18 heavy (non-hydrogen) atoms. The highest BCUT2D eigenvalue weighted by atomic mass is 16.7. The molecule has 1 aliphatic rings. The first kappa shape index (κ1) is 13.5. The van der Waals surface area contributed by atoms with Crippen molar-refractivity contribution in [2.45, 2.75) is 45.6 Å². The average Bonchev–Trinajstić information content (AvgIpc) is 2.78. The first-order valence-electron chi connectivity index (χ1n) is 6.43. The van der Waals surface area contributed by atoms with Crippen LogP contribution in [0.25, 0.3) is 0 Å². The van der Waals surface area contributed by atoms with Crippen molar-refractivity contribution in [1.82, 2.24) is 15.1 Å². The molecule has 2 heterocycles. The van der Waals surface area contributed by atoms with E-state index in [1.807, 2.05) is 32.5 Å². The van der Waals surface area contributed by atoms with Gasteiger partial charge in [-0.1, -0.05) is 0 Å². The number of ether oxygens (including phenoxy) is 2. The lowest BCUT2D eigenvalue weighted by molar-refractivity contribution is -0.137. The van der Waals surface area contributed by atoms with Gasteiger partial charge in [0, 0.05) is 31.4 Å². The molecule has 1 fully saturated rings. The van der Waals surface area contributed by atoms with Gasteiger partial charge in [0.25, 0.3) is 0 Å². The molecule has 102 valence electrons. The minimum absolute atomic E-state index is 0.124. The maximum Gasteiger partial charge on any atom is 0.163 e. The van der Waals surface area contributed by atoms with Gasteiger partial charge < -0.3 is 14.8 Å². The Labute approximate surface area is 108 Å². The Morgan fingerprint density at radius 2 is 2.33 bits per heavy atom. The van der Waals surface area contributed by atoms with E-state index in [1.54, 1.807) is 0 Å². The minimum Gasteiger partial charge on any atom is -0.348 e. The highest BCUT2D eigenvalue weighted by molar-refractivity contribution is 5.19. The number of hydrogen-bond donors (Lipinski definition) is 1. The third-order valence-electron chi connectivity index (χ3n) is 3.24. The van der Waals surface area contributed by atoms with E-state index in [2.05, 4.69) is 23.5 Å². The van der Waals surface area contributed by atoms with Gasteiger partial charge in [-0.3, -0.25) is 4.68 Å². The molecule has 2 atom stereocenters. The number of aromatic nitrogens is 2. The van der Waals surface area contributed by atoms with Gasteiger partial charge in [0.05, 0.1) is 18.4 Å². The van der Waals surface area contributed by atoms with Crippen LogP contribution in [0.1, 0.15) is 38.1 Å². The lowest BCUT2D eigenvalue weighted by Gasteiger charge is -2.19. The summed E-state index contributed by atoms with van der Waals surface area (Å²) in [6.45, 7) is 9.51. The topological polar surface area (TPSA) is 48.3 Å². The van der Waals surface area contributed by atoms with E-state index >= 15 is 0 Å². The van der Waals surface area contributed by atoms with Gasteiger partial charge in [-0.15, -0.1) is 0 Å². The van der Waals surface area contributed by atoms with Gasteiger partial charge in [0.15, 0.2) is 5.79 Å². The molecule has 0 bridgehead atoms. The smallest absolute Gasteiger partial charge is 0.163 e. The largest absolute Gasteiger partial charge is 0.348 e. The van der Waals surface area contributed by atoms with Gasteiger partial charge in [0.1, 0.15) is 0 Å². The Hall–Kier alpha value is -0.910. The Balaban J connectivity index is 1.86. The quantitative estimate of drug-likeness (QED) is 0.884. The van der Waals surface area contributed by atoms with Crippen molar-refractivity contribution in [2.75, 3.05) is 13.2 Å². The maximum absolute atomic E-state index is 5.76. The van der Waals surface area contributed by atoms with Crippen LogP contribution in [-0.2, 0) is 16.5 Å². The summed E-state index contributed by atoms with van der Waals surface area (Å²) in [6, 6.07) is 0.269. The second-order valence-electron chi connectivity index (χ2n) is 5.42. The molecule has 5 heteroatoms. The van der Waals surface area contributed by atoms with E-state index in [0.717, 1.165) is 12.2 Å². The van der Waals surface area contributed by atoms with E-state index in [1.165, 1.54) is 5.56 Å². The first-order valence-corrected chi connectivity index (χ1v) is 6.43. The fraction of sp³-hybridized carbons (Fsp3) is 0.769. The Morgan fingerprint density at radius 1 is 1.61 bits per heavy atom. The third-order valence-corrected chi connectivity index (χ3v) is 3.24. The predicted octanol–water partition coefficient (Wildman–Crippen LogP) is 1.53. The highest BCUT2D eigenvalue weighted by Gasteiger charge is 2.32. The fourth-order valence-corrected chi connectivity index (χ4v) is 2.32.